The Labute approximate surface area is 203 Å². The molecule has 0 aromatic heterocycles. The van der Waals surface area contributed by atoms with E-state index >= 15 is 0 Å². The van der Waals surface area contributed by atoms with Gasteiger partial charge in [0.05, 0.1) is 25.5 Å². The summed E-state index contributed by atoms with van der Waals surface area (Å²) in [4.78, 5) is 37.0. The number of hydrogen-bond donors (Lipinski definition) is 2. The van der Waals surface area contributed by atoms with Gasteiger partial charge in [-0.05, 0) is 55.5 Å². The van der Waals surface area contributed by atoms with Crippen molar-refractivity contribution in [2.45, 2.75) is 13.0 Å². The number of methoxy groups -OCH3 is 2. The standard InChI is InChI=1S/C26H26N2O7/c1-17(25(30)28-22-9-4-5-10-23(22)33-3)35-26(31)18-11-13-20(14-12-18)34-16-24(29)27-19-7-6-8-21(15-19)32-2/h4-15,17H,16H2,1-3H3,(H,27,29)(H,28,30)/t17-/m1/s1. The quantitative estimate of drug-likeness (QED) is 0.425. The van der Waals surface area contributed by atoms with Crippen LogP contribution in [0.4, 0.5) is 11.4 Å². The Bertz CT molecular complexity index is 1180. The Kier molecular flexibility index (Phi) is 8.66. The molecule has 3 aromatic rings. The number of anilines is 2. The highest BCUT2D eigenvalue weighted by molar-refractivity contribution is 5.98. The fourth-order valence-electron chi connectivity index (χ4n) is 3.00. The molecule has 2 N–H and O–H groups in total. The molecule has 0 heterocycles. The maximum Gasteiger partial charge on any atom is 0.338 e. The lowest BCUT2D eigenvalue weighted by Gasteiger charge is -2.15. The highest BCUT2D eigenvalue weighted by atomic mass is 16.5. The Morgan fingerprint density at radius 2 is 1.57 bits per heavy atom. The lowest BCUT2D eigenvalue weighted by molar-refractivity contribution is -0.123. The molecule has 0 saturated heterocycles. The van der Waals surface area contributed by atoms with E-state index in [0.717, 1.165) is 0 Å². The third-order valence-corrected chi connectivity index (χ3v) is 4.83. The first-order chi connectivity index (χ1) is 16.9. The number of amides is 2. The summed E-state index contributed by atoms with van der Waals surface area (Å²) >= 11 is 0. The van der Waals surface area contributed by atoms with Gasteiger partial charge >= 0.3 is 5.97 Å². The van der Waals surface area contributed by atoms with Crippen molar-refractivity contribution >= 4 is 29.2 Å². The topological polar surface area (TPSA) is 112 Å². The summed E-state index contributed by atoms with van der Waals surface area (Å²) in [5, 5.41) is 5.38. The third kappa shape index (κ3) is 7.23. The van der Waals surface area contributed by atoms with E-state index in [9.17, 15) is 14.4 Å². The summed E-state index contributed by atoms with van der Waals surface area (Å²) in [6, 6.07) is 19.9. The SMILES string of the molecule is COc1cccc(NC(=O)COc2ccc(C(=O)O[C@H](C)C(=O)Nc3ccccc3OC)cc2)c1. The van der Waals surface area contributed by atoms with Crippen LogP contribution in [0.3, 0.4) is 0 Å². The summed E-state index contributed by atoms with van der Waals surface area (Å²) in [5.74, 6) is -0.00861. The van der Waals surface area contributed by atoms with Crippen molar-refractivity contribution in [3.8, 4) is 17.2 Å². The van der Waals surface area contributed by atoms with E-state index in [2.05, 4.69) is 10.6 Å². The summed E-state index contributed by atoms with van der Waals surface area (Å²) in [6.07, 6.45) is -1.04. The van der Waals surface area contributed by atoms with Crippen LogP contribution in [-0.4, -0.2) is 44.7 Å². The number of para-hydroxylation sites is 2. The fraction of sp³-hybridized carbons (Fsp3) is 0.192. The molecule has 35 heavy (non-hydrogen) atoms. The predicted molar refractivity (Wildman–Crippen MR) is 130 cm³/mol. The molecule has 2 amide bonds. The first-order valence-corrected chi connectivity index (χ1v) is 10.7. The summed E-state index contributed by atoms with van der Waals surface area (Å²) in [6.45, 7) is 1.25. The average molecular weight is 479 g/mol. The van der Waals surface area contributed by atoms with Crippen molar-refractivity contribution < 1.29 is 33.3 Å². The molecule has 0 aliphatic carbocycles. The molecule has 9 nitrogen and oxygen atoms in total. The van der Waals surface area contributed by atoms with E-state index in [0.29, 0.717) is 28.6 Å². The van der Waals surface area contributed by atoms with Gasteiger partial charge in [0, 0.05) is 11.8 Å². The highest BCUT2D eigenvalue weighted by Crippen LogP contribution is 2.23. The van der Waals surface area contributed by atoms with Gasteiger partial charge in [0.2, 0.25) is 0 Å². The van der Waals surface area contributed by atoms with Crippen molar-refractivity contribution in [1.29, 1.82) is 0 Å². The van der Waals surface area contributed by atoms with Crippen LogP contribution in [0.5, 0.6) is 17.2 Å². The molecule has 3 rings (SSSR count). The van der Waals surface area contributed by atoms with Crippen LogP contribution in [0, 0.1) is 0 Å². The van der Waals surface area contributed by atoms with Crippen LogP contribution < -0.4 is 24.8 Å². The first kappa shape index (κ1) is 25.1. The first-order valence-electron chi connectivity index (χ1n) is 10.7. The number of carbonyl (C=O) groups is 3. The Hall–Kier alpha value is -4.53. The molecule has 0 bridgehead atoms. The minimum absolute atomic E-state index is 0.221. The monoisotopic (exact) mass is 478 g/mol. The molecule has 0 radical (unpaired) electrons. The fourth-order valence-corrected chi connectivity index (χ4v) is 3.00. The summed E-state index contributed by atoms with van der Waals surface area (Å²) < 4.78 is 21.0. The molecule has 0 aliphatic heterocycles. The minimum atomic E-state index is -1.04. The molecule has 9 heteroatoms. The summed E-state index contributed by atoms with van der Waals surface area (Å²) in [5.41, 5.74) is 1.29. The van der Waals surface area contributed by atoms with E-state index < -0.39 is 18.0 Å². The zero-order valence-electron chi connectivity index (χ0n) is 19.6. The van der Waals surface area contributed by atoms with Crippen LogP contribution in [0.1, 0.15) is 17.3 Å². The normalized spacial score (nSPS) is 11.1. The van der Waals surface area contributed by atoms with Gasteiger partial charge in [-0.15, -0.1) is 0 Å². The lowest BCUT2D eigenvalue weighted by atomic mass is 10.2. The molecule has 0 aliphatic rings. The zero-order valence-corrected chi connectivity index (χ0v) is 19.6. The molecule has 0 spiro atoms. The van der Waals surface area contributed by atoms with Gasteiger partial charge < -0.3 is 29.6 Å². The van der Waals surface area contributed by atoms with Crippen molar-refractivity contribution in [1.82, 2.24) is 0 Å². The number of rotatable bonds is 10. The number of nitrogens with one attached hydrogen (secondary N) is 2. The summed E-state index contributed by atoms with van der Waals surface area (Å²) in [7, 11) is 3.04. The van der Waals surface area contributed by atoms with Gasteiger partial charge in [0.15, 0.2) is 12.7 Å². The van der Waals surface area contributed by atoms with Crippen LogP contribution >= 0.6 is 0 Å². The molecular weight excluding hydrogens is 452 g/mol. The van der Waals surface area contributed by atoms with Gasteiger partial charge in [0.1, 0.15) is 17.2 Å². The number of esters is 1. The van der Waals surface area contributed by atoms with Gasteiger partial charge in [-0.2, -0.15) is 0 Å². The van der Waals surface area contributed by atoms with E-state index in [1.807, 2.05) is 0 Å². The predicted octanol–water partition coefficient (Wildman–Crippen LogP) is 3.91. The van der Waals surface area contributed by atoms with Crippen LogP contribution in [0.25, 0.3) is 0 Å². The van der Waals surface area contributed by atoms with Crippen molar-refractivity contribution in [2.24, 2.45) is 0 Å². The molecule has 1 atom stereocenters. The second kappa shape index (κ2) is 12.1. The van der Waals surface area contributed by atoms with Crippen molar-refractivity contribution in [3.05, 3.63) is 78.4 Å². The largest absolute Gasteiger partial charge is 0.497 e. The number of ether oxygens (including phenoxy) is 4. The van der Waals surface area contributed by atoms with Gasteiger partial charge in [-0.25, -0.2) is 4.79 Å². The van der Waals surface area contributed by atoms with Gasteiger partial charge in [-0.3, -0.25) is 9.59 Å². The smallest absolute Gasteiger partial charge is 0.338 e. The third-order valence-electron chi connectivity index (χ3n) is 4.83. The maximum absolute atomic E-state index is 12.4. The second-order valence-corrected chi connectivity index (χ2v) is 7.33. The number of carbonyl (C=O) groups excluding carboxylic acids is 3. The minimum Gasteiger partial charge on any atom is -0.497 e. The molecule has 0 unspecified atom stereocenters. The van der Waals surface area contributed by atoms with E-state index in [4.69, 9.17) is 18.9 Å². The molecule has 0 fully saturated rings. The van der Waals surface area contributed by atoms with E-state index in [1.54, 1.807) is 55.6 Å². The van der Waals surface area contributed by atoms with Crippen LogP contribution in [0.2, 0.25) is 0 Å². The number of benzene rings is 3. The Morgan fingerprint density at radius 3 is 2.29 bits per heavy atom. The average Bonchev–Trinajstić information content (AvgIpc) is 2.88. The van der Waals surface area contributed by atoms with Gasteiger partial charge in [0.25, 0.3) is 11.8 Å². The van der Waals surface area contributed by atoms with E-state index in [1.165, 1.54) is 38.3 Å². The van der Waals surface area contributed by atoms with Crippen LogP contribution in [-0.2, 0) is 14.3 Å². The van der Waals surface area contributed by atoms with Crippen molar-refractivity contribution in [3.63, 3.8) is 0 Å². The molecule has 182 valence electrons. The Balaban J connectivity index is 1.49. The molecule has 0 saturated carbocycles. The van der Waals surface area contributed by atoms with Gasteiger partial charge in [-0.1, -0.05) is 18.2 Å². The molecule has 3 aromatic carbocycles. The number of hydrogen-bond acceptors (Lipinski definition) is 7. The second-order valence-electron chi connectivity index (χ2n) is 7.33. The lowest BCUT2D eigenvalue weighted by Crippen LogP contribution is -2.30. The Morgan fingerprint density at radius 1 is 0.829 bits per heavy atom. The van der Waals surface area contributed by atoms with Crippen molar-refractivity contribution in [2.75, 3.05) is 31.5 Å². The van der Waals surface area contributed by atoms with E-state index in [-0.39, 0.29) is 18.1 Å². The zero-order chi connectivity index (χ0) is 25.2. The molecular formula is C26H26N2O7. The van der Waals surface area contributed by atoms with Crippen LogP contribution in [0.15, 0.2) is 72.8 Å². The maximum atomic E-state index is 12.4. The highest BCUT2D eigenvalue weighted by Gasteiger charge is 2.20.